The molecule has 0 unspecified atom stereocenters. The zero-order valence-corrected chi connectivity index (χ0v) is 18.1. The number of phenols is 1. The molecular formula is C26H26N2O5. The normalized spacial score (nSPS) is 11.3. The molecule has 0 saturated heterocycles. The van der Waals surface area contributed by atoms with Crippen LogP contribution in [0.25, 0.3) is 33.4 Å². The van der Waals surface area contributed by atoms with E-state index >= 15 is 0 Å². The van der Waals surface area contributed by atoms with E-state index in [4.69, 9.17) is 10.2 Å². The summed E-state index contributed by atoms with van der Waals surface area (Å²) in [4.78, 5) is 24.2. The summed E-state index contributed by atoms with van der Waals surface area (Å²) in [5, 5.41) is 23.9. The number of rotatable bonds is 9. The molecule has 0 radical (unpaired) electrons. The lowest BCUT2D eigenvalue weighted by Crippen LogP contribution is -2.15. The highest BCUT2D eigenvalue weighted by atomic mass is 16.4. The first-order chi connectivity index (χ1) is 16.0. The third-order valence-electron chi connectivity index (χ3n) is 5.65. The number of phenolic OH excluding ortho intramolecular Hbond substituents is 1. The number of benzene rings is 3. The molecule has 2 aromatic rings. The fraction of sp³-hybridized carbons (Fsp3) is 0.231. The van der Waals surface area contributed by atoms with Crippen molar-refractivity contribution in [1.82, 2.24) is 5.32 Å². The lowest BCUT2D eigenvalue weighted by Gasteiger charge is -2.17. The van der Waals surface area contributed by atoms with Gasteiger partial charge in [-0.15, -0.1) is 0 Å². The van der Waals surface area contributed by atoms with Gasteiger partial charge in [-0.05, 0) is 67.4 Å². The van der Waals surface area contributed by atoms with Gasteiger partial charge in [0.1, 0.15) is 17.1 Å². The average Bonchev–Trinajstić information content (AvgIpc) is 2.79. The van der Waals surface area contributed by atoms with Gasteiger partial charge in [-0.25, -0.2) is 4.79 Å². The summed E-state index contributed by atoms with van der Waals surface area (Å²) in [6.07, 6.45) is 3.07. The Morgan fingerprint density at radius 2 is 1.79 bits per heavy atom. The number of aromatic carboxylic acids is 1. The van der Waals surface area contributed by atoms with Crippen molar-refractivity contribution in [2.45, 2.75) is 25.8 Å². The first-order valence-corrected chi connectivity index (χ1v) is 10.9. The average molecular weight is 447 g/mol. The van der Waals surface area contributed by atoms with Gasteiger partial charge in [-0.3, -0.25) is 4.79 Å². The molecule has 7 nitrogen and oxygen atoms in total. The smallest absolute Gasteiger partial charge is 0.336 e. The summed E-state index contributed by atoms with van der Waals surface area (Å²) in [7, 11) is 0. The van der Waals surface area contributed by atoms with Crippen LogP contribution in [0.3, 0.4) is 0 Å². The Kier molecular flexibility index (Phi) is 6.72. The number of nitrogens with one attached hydrogen (secondary N) is 1. The van der Waals surface area contributed by atoms with Crippen molar-refractivity contribution in [2.24, 2.45) is 5.73 Å². The minimum absolute atomic E-state index is 0.0150. The van der Waals surface area contributed by atoms with Gasteiger partial charge in [0.15, 0.2) is 5.43 Å². The maximum absolute atomic E-state index is 12.2. The van der Waals surface area contributed by atoms with Crippen LogP contribution in [0.1, 0.15) is 35.2 Å². The minimum atomic E-state index is -1.05. The second-order valence-electron chi connectivity index (χ2n) is 8.03. The van der Waals surface area contributed by atoms with E-state index in [1.165, 1.54) is 24.3 Å². The number of aromatic hydroxyl groups is 1. The van der Waals surface area contributed by atoms with Crippen LogP contribution in [0.2, 0.25) is 0 Å². The molecule has 2 aliphatic rings. The Morgan fingerprint density at radius 1 is 0.970 bits per heavy atom. The molecule has 7 heteroatoms. The van der Waals surface area contributed by atoms with Gasteiger partial charge in [0.2, 0.25) is 0 Å². The lowest BCUT2D eigenvalue weighted by molar-refractivity contribution is 0.0697. The van der Waals surface area contributed by atoms with E-state index in [2.05, 4.69) is 5.32 Å². The number of unbranched alkanes of at least 4 members (excludes halogenated alkanes) is 2. The van der Waals surface area contributed by atoms with Gasteiger partial charge in [0.25, 0.3) is 0 Å². The molecule has 4 rings (SSSR count). The van der Waals surface area contributed by atoms with Crippen LogP contribution in [-0.4, -0.2) is 29.3 Å². The number of carbonyl (C=O) groups is 1. The Labute approximate surface area is 190 Å². The summed E-state index contributed by atoms with van der Waals surface area (Å²) < 4.78 is 5.86. The van der Waals surface area contributed by atoms with E-state index in [1.807, 2.05) is 6.07 Å². The third kappa shape index (κ3) is 4.89. The number of carboxylic acids is 1. The predicted octanol–water partition coefficient (Wildman–Crippen LogP) is 4.19. The van der Waals surface area contributed by atoms with Crippen molar-refractivity contribution in [3.05, 3.63) is 75.9 Å². The second-order valence-corrected chi connectivity index (χ2v) is 8.03. The van der Waals surface area contributed by atoms with Gasteiger partial charge >= 0.3 is 5.97 Å². The molecule has 5 N–H and O–H groups in total. The van der Waals surface area contributed by atoms with Crippen molar-refractivity contribution in [3.63, 3.8) is 0 Å². The zero-order chi connectivity index (χ0) is 23.4. The third-order valence-corrected chi connectivity index (χ3v) is 5.65. The summed E-state index contributed by atoms with van der Waals surface area (Å²) in [5.74, 6) is -0.701. The molecule has 1 aliphatic heterocycles. The van der Waals surface area contributed by atoms with Crippen LogP contribution in [0.4, 0.5) is 0 Å². The fourth-order valence-electron chi connectivity index (χ4n) is 4.05. The quantitative estimate of drug-likeness (QED) is 0.224. The molecule has 1 heterocycles. The molecule has 2 aromatic carbocycles. The van der Waals surface area contributed by atoms with E-state index in [9.17, 15) is 19.8 Å². The van der Waals surface area contributed by atoms with Crippen LogP contribution in [-0.2, 0) is 6.54 Å². The molecule has 1 aliphatic carbocycles. The van der Waals surface area contributed by atoms with E-state index < -0.39 is 5.97 Å². The monoisotopic (exact) mass is 446 g/mol. The zero-order valence-electron chi connectivity index (χ0n) is 18.1. The molecule has 0 spiro atoms. The standard InChI is InChI=1S/C26H26N2O5/c27-10-2-1-3-11-28-15-16-4-7-19(22(12-16)26(31)32)25-20-8-5-17(29)13-23(20)33-24-14-18(30)6-9-21(24)25/h4-9,12-14,28-29H,1-3,10-11,15,27H2,(H,31,32). The number of carboxylic acid groups (broad SMARTS) is 1. The topological polar surface area (TPSA) is 126 Å². The van der Waals surface area contributed by atoms with Crippen molar-refractivity contribution in [1.29, 1.82) is 0 Å². The highest BCUT2D eigenvalue weighted by Gasteiger charge is 2.22. The molecule has 0 atom stereocenters. The Morgan fingerprint density at radius 3 is 2.58 bits per heavy atom. The summed E-state index contributed by atoms with van der Waals surface area (Å²) >= 11 is 0. The molecular weight excluding hydrogens is 420 g/mol. The highest BCUT2D eigenvalue weighted by molar-refractivity contribution is 6.07. The number of hydrogen-bond donors (Lipinski definition) is 4. The van der Waals surface area contributed by atoms with Crippen LogP contribution < -0.4 is 16.5 Å². The predicted molar refractivity (Wildman–Crippen MR) is 128 cm³/mol. The Balaban J connectivity index is 1.78. The van der Waals surface area contributed by atoms with Gasteiger partial charge in [-0.1, -0.05) is 18.6 Å². The summed E-state index contributed by atoms with van der Waals surface area (Å²) in [6, 6.07) is 14.5. The number of fused-ring (bicyclic) bond motifs is 2. The van der Waals surface area contributed by atoms with Gasteiger partial charge in [0, 0.05) is 35.2 Å². The van der Waals surface area contributed by atoms with Crippen molar-refractivity contribution in [2.75, 3.05) is 13.1 Å². The Bertz CT molecular complexity index is 1330. The summed E-state index contributed by atoms with van der Waals surface area (Å²) in [6.45, 7) is 2.08. The van der Waals surface area contributed by atoms with Crippen molar-refractivity contribution >= 4 is 16.9 Å². The maximum Gasteiger partial charge on any atom is 0.336 e. The number of hydrogen-bond acceptors (Lipinski definition) is 6. The van der Waals surface area contributed by atoms with Gasteiger partial charge in [0.05, 0.1) is 5.56 Å². The molecule has 33 heavy (non-hydrogen) atoms. The van der Waals surface area contributed by atoms with Crippen LogP contribution in [0, 0.1) is 0 Å². The van der Waals surface area contributed by atoms with E-state index in [1.54, 1.807) is 24.3 Å². The molecule has 170 valence electrons. The van der Waals surface area contributed by atoms with Crippen molar-refractivity contribution in [3.8, 4) is 28.2 Å². The lowest BCUT2D eigenvalue weighted by atomic mass is 9.90. The number of nitrogens with two attached hydrogens (primary N) is 1. The first-order valence-electron chi connectivity index (χ1n) is 10.9. The molecule has 0 saturated carbocycles. The van der Waals surface area contributed by atoms with Crippen LogP contribution in [0.5, 0.6) is 5.75 Å². The summed E-state index contributed by atoms with van der Waals surface area (Å²) in [5.41, 5.74) is 8.47. The van der Waals surface area contributed by atoms with Gasteiger partial charge in [-0.2, -0.15) is 0 Å². The van der Waals surface area contributed by atoms with E-state index in [0.717, 1.165) is 31.4 Å². The van der Waals surface area contributed by atoms with E-state index in [0.29, 0.717) is 46.5 Å². The van der Waals surface area contributed by atoms with Crippen LogP contribution >= 0.6 is 0 Å². The maximum atomic E-state index is 12.2. The largest absolute Gasteiger partial charge is 0.508 e. The highest BCUT2D eigenvalue weighted by Crippen LogP contribution is 2.42. The molecule has 0 bridgehead atoms. The molecule has 0 aromatic heterocycles. The van der Waals surface area contributed by atoms with Crippen LogP contribution in [0.15, 0.2) is 63.8 Å². The molecule has 0 fully saturated rings. The Hall–Kier alpha value is -3.68. The van der Waals surface area contributed by atoms with Gasteiger partial charge < -0.3 is 25.7 Å². The van der Waals surface area contributed by atoms with Crippen molar-refractivity contribution < 1.29 is 19.4 Å². The van der Waals surface area contributed by atoms with E-state index in [-0.39, 0.29) is 16.7 Å². The minimum Gasteiger partial charge on any atom is -0.508 e. The molecule has 0 amide bonds. The first kappa shape index (κ1) is 22.5. The second kappa shape index (κ2) is 9.85. The SMILES string of the molecule is NCCCCCNCc1ccc(-c2c3ccc(=O)cc-3oc3cc(O)ccc23)c(C(=O)O)c1. The fourth-order valence-corrected chi connectivity index (χ4v) is 4.05.